The quantitative estimate of drug-likeness (QED) is 0.566. The second kappa shape index (κ2) is 4.46. The van der Waals surface area contributed by atoms with Crippen LogP contribution in [0.1, 0.15) is 5.56 Å². The normalized spacial score (nSPS) is 7.56. The Hall–Kier alpha value is -0.417. The minimum Gasteiger partial charge on any atom is -0.0985 e. The van der Waals surface area contributed by atoms with Crippen LogP contribution in [0.4, 0.5) is 0 Å². The summed E-state index contributed by atoms with van der Waals surface area (Å²) in [6.45, 7) is 3.63. The summed E-state index contributed by atoms with van der Waals surface area (Å²) in [6, 6.07) is 10.0. The van der Waals surface area contributed by atoms with Crippen LogP contribution in [-0.4, -0.2) is 0 Å². The van der Waals surface area contributed by atoms with Gasteiger partial charge in [0, 0.05) is 19.5 Å². The van der Waals surface area contributed by atoms with Gasteiger partial charge in [-0.05, 0) is 5.56 Å². The van der Waals surface area contributed by atoms with Crippen LogP contribution < -0.4 is 0 Å². The van der Waals surface area contributed by atoms with E-state index in [2.05, 4.69) is 6.58 Å². The first-order valence-corrected chi connectivity index (χ1v) is 2.61. The van der Waals surface area contributed by atoms with Crippen molar-refractivity contribution in [1.82, 2.24) is 0 Å². The van der Waals surface area contributed by atoms with Crippen LogP contribution in [0.2, 0.25) is 0 Å². The smallest absolute Gasteiger partial charge is 0 e. The van der Waals surface area contributed by atoms with Crippen molar-refractivity contribution in [3.05, 3.63) is 42.5 Å². The molecule has 0 radical (unpaired) electrons. The molecule has 0 atom stereocenters. The van der Waals surface area contributed by atoms with Gasteiger partial charge in [-0.25, -0.2) is 0 Å². The fourth-order valence-corrected chi connectivity index (χ4v) is 0.589. The van der Waals surface area contributed by atoms with E-state index in [4.69, 9.17) is 0 Å². The summed E-state index contributed by atoms with van der Waals surface area (Å²) < 4.78 is 0. The Morgan fingerprint density at radius 2 is 1.67 bits per heavy atom. The average Bonchev–Trinajstić information content (AvgIpc) is 1.90. The second-order valence-electron chi connectivity index (χ2n) is 1.61. The number of hydrogen-bond acceptors (Lipinski definition) is 0. The van der Waals surface area contributed by atoms with Crippen LogP contribution in [0.5, 0.6) is 0 Å². The van der Waals surface area contributed by atoms with Gasteiger partial charge in [0.25, 0.3) is 0 Å². The van der Waals surface area contributed by atoms with Gasteiger partial charge in [0.1, 0.15) is 0 Å². The maximum Gasteiger partial charge on any atom is 0 e. The van der Waals surface area contributed by atoms with Crippen molar-refractivity contribution in [2.24, 2.45) is 0 Å². The van der Waals surface area contributed by atoms with Gasteiger partial charge < -0.3 is 0 Å². The molecule has 1 heteroatoms. The molecule has 0 saturated carbocycles. The number of rotatable bonds is 1. The van der Waals surface area contributed by atoms with Crippen molar-refractivity contribution < 1.29 is 19.5 Å². The van der Waals surface area contributed by atoms with E-state index in [1.54, 1.807) is 0 Å². The summed E-state index contributed by atoms with van der Waals surface area (Å²) in [4.78, 5) is 0. The predicted molar refractivity (Wildman–Crippen MR) is 36.5 cm³/mol. The standard InChI is InChI=1S/C8H8.Zn/c1-2-8-6-4-3-5-7-8;/h2-7H,1H2;. The first kappa shape index (κ1) is 8.58. The monoisotopic (exact) mass is 168 g/mol. The first-order chi connectivity index (χ1) is 3.93. The van der Waals surface area contributed by atoms with Gasteiger partial charge in [-0.3, -0.25) is 0 Å². The van der Waals surface area contributed by atoms with E-state index < -0.39 is 0 Å². The molecule has 0 fully saturated rings. The molecule has 0 nitrogen and oxygen atoms in total. The summed E-state index contributed by atoms with van der Waals surface area (Å²) in [5.41, 5.74) is 1.17. The van der Waals surface area contributed by atoms with Crippen LogP contribution in [0, 0.1) is 0 Å². The summed E-state index contributed by atoms with van der Waals surface area (Å²) in [5.74, 6) is 0. The van der Waals surface area contributed by atoms with Crippen LogP contribution in [0.25, 0.3) is 6.08 Å². The van der Waals surface area contributed by atoms with E-state index in [-0.39, 0.29) is 19.5 Å². The maximum absolute atomic E-state index is 3.63. The van der Waals surface area contributed by atoms with E-state index in [1.165, 1.54) is 5.56 Å². The minimum absolute atomic E-state index is 0. The molecule has 1 aromatic carbocycles. The zero-order valence-electron chi connectivity index (χ0n) is 5.38. The molecule has 9 heavy (non-hydrogen) atoms. The van der Waals surface area contributed by atoms with Crippen molar-refractivity contribution in [3.63, 3.8) is 0 Å². The predicted octanol–water partition coefficient (Wildman–Crippen LogP) is 2.33. The van der Waals surface area contributed by atoms with Gasteiger partial charge in [0.2, 0.25) is 0 Å². The van der Waals surface area contributed by atoms with E-state index in [0.29, 0.717) is 0 Å². The molecule has 0 N–H and O–H groups in total. The molecule has 0 bridgehead atoms. The molecular formula is C8H8Zn. The van der Waals surface area contributed by atoms with Crippen LogP contribution in [-0.2, 0) is 19.5 Å². The fraction of sp³-hybridized carbons (Fsp3) is 0. The zero-order chi connectivity index (χ0) is 5.82. The van der Waals surface area contributed by atoms with E-state index in [1.807, 2.05) is 36.4 Å². The average molecular weight is 170 g/mol. The first-order valence-electron chi connectivity index (χ1n) is 2.61. The summed E-state index contributed by atoms with van der Waals surface area (Å²) in [6.07, 6.45) is 1.83. The largest absolute Gasteiger partial charge is 0.0985 e. The minimum atomic E-state index is 0. The number of hydrogen-bond donors (Lipinski definition) is 0. The maximum atomic E-state index is 3.63. The molecule has 0 spiro atoms. The summed E-state index contributed by atoms with van der Waals surface area (Å²) >= 11 is 0. The second-order valence-corrected chi connectivity index (χ2v) is 1.61. The third kappa shape index (κ3) is 2.57. The van der Waals surface area contributed by atoms with E-state index >= 15 is 0 Å². The Kier molecular flexibility index (Phi) is 4.25. The van der Waals surface area contributed by atoms with Gasteiger partial charge in [0.05, 0.1) is 0 Å². The van der Waals surface area contributed by atoms with Gasteiger partial charge in [-0.2, -0.15) is 0 Å². The molecule has 1 aromatic rings. The Balaban J connectivity index is 0.000000640. The van der Waals surface area contributed by atoms with Gasteiger partial charge in [-0.1, -0.05) is 43.0 Å². The Morgan fingerprint density at radius 1 is 1.11 bits per heavy atom. The van der Waals surface area contributed by atoms with Crippen molar-refractivity contribution in [2.45, 2.75) is 0 Å². The van der Waals surface area contributed by atoms with Gasteiger partial charge in [-0.15, -0.1) is 0 Å². The Morgan fingerprint density at radius 3 is 2.00 bits per heavy atom. The van der Waals surface area contributed by atoms with Crippen molar-refractivity contribution in [1.29, 1.82) is 0 Å². The summed E-state index contributed by atoms with van der Waals surface area (Å²) in [5, 5.41) is 0. The van der Waals surface area contributed by atoms with Crippen LogP contribution in [0.3, 0.4) is 0 Å². The number of benzene rings is 1. The van der Waals surface area contributed by atoms with Crippen molar-refractivity contribution in [2.75, 3.05) is 0 Å². The van der Waals surface area contributed by atoms with Crippen molar-refractivity contribution >= 4 is 6.08 Å². The van der Waals surface area contributed by atoms with Gasteiger partial charge in [0.15, 0.2) is 0 Å². The molecule has 42 valence electrons. The molecule has 0 aliphatic rings. The van der Waals surface area contributed by atoms with Crippen LogP contribution >= 0.6 is 0 Å². The third-order valence-electron chi connectivity index (χ3n) is 1.04. The van der Waals surface area contributed by atoms with Gasteiger partial charge >= 0.3 is 0 Å². The topological polar surface area (TPSA) is 0 Å². The molecule has 0 saturated heterocycles. The Bertz CT molecular complexity index is 167. The fourth-order valence-electron chi connectivity index (χ4n) is 0.589. The molecule has 0 aromatic heterocycles. The SMILES string of the molecule is C=Cc1ccccc1.[Zn]. The molecule has 0 aliphatic heterocycles. The summed E-state index contributed by atoms with van der Waals surface area (Å²) in [7, 11) is 0. The van der Waals surface area contributed by atoms with Crippen molar-refractivity contribution in [3.8, 4) is 0 Å². The molecule has 0 amide bonds. The molecule has 0 heterocycles. The van der Waals surface area contributed by atoms with Crippen LogP contribution in [0.15, 0.2) is 36.9 Å². The zero-order valence-corrected chi connectivity index (χ0v) is 8.35. The molecular weight excluding hydrogens is 161 g/mol. The molecule has 1 rings (SSSR count). The Labute approximate surface area is 68.4 Å². The molecule has 0 unspecified atom stereocenters. The third-order valence-corrected chi connectivity index (χ3v) is 1.04. The van der Waals surface area contributed by atoms with E-state index in [9.17, 15) is 0 Å². The van der Waals surface area contributed by atoms with E-state index in [0.717, 1.165) is 0 Å². The molecule has 0 aliphatic carbocycles.